The summed E-state index contributed by atoms with van der Waals surface area (Å²) in [5, 5.41) is 9.57. The molecule has 0 aromatic heterocycles. The third kappa shape index (κ3) is 2.22. The Kier molecular flexibility index (Phi) is 3.74. The van der Waals surface area contributed by atoms with Gasteiger partial charge in [-0.2, -0.15) is 0 Å². The molecule has 3 nitrogen and oxygen atoms in total. The van der Waals surface area contributed by atoms with Gasteiger partial charge in [0.25, 0.3) is 0 Å². The van der Waals surface area contributed by atoms with Crippen LogP contribution >= 0.6 is 0 Å². The van der Waals surface area contributed by atoms with Gasteiger partial charge >= 0.3 is 5.97 Å². The topological polar surface area (TPSA) is 46.5 Å². The van der Waals surface area contributed by atoms with Crippen molar-refractivity contribution in [3.8, 4) is 0 Å². The number of ether oxygens (including phenoxy) is 1. The molecule has 3 heteroatoms. The molecule has 0 radical (unpaired) electrons. The van der Waals surface area contributed by atoms with Crippen LogP contribution in [0.15, 0.2) is 17.9 Å². The molecule has 0 rings (SSSR count). The van der Waals surface area contributed by atoms with E-state index in [-0.39, 0.29) is 6.61 Å². The molecule has 12 heavy (non-hydrogen) atoms. The smallest absolute Gasteiger partial charge is 0.342 e. The molecule has 0 spiro atoms. The fraction of sp³-hybridized carbons (Fsp3) is 0.556. The largest absolute Gasteiger partial charge is 0.464 e. The van der Waals surface area contributed by atoms with Crippen LogP contribution in [0.25, 0.3) is 0 Å². The number of hydrogen-bond acceptors (Lipinski definition) is 3. The van der Waals surface area contributed by atoms with Crippen LogP contribution in [0.3, 0.4) is 0 Å². The van der Waals surface area contributed by atoms with Gasteiger partial charge in [-0.1, -0.05) is 6.58 Å². The van der Waals surface area contributed by atoms with Gasteiger partial charge in [0, 0.05) is 5.57 Å². The van der Waals surface area contributed by atoms with Gasteiger partial charge in [0.15, 0.2) is 5.60 Å². The lowest BCUT2D eigenvalue weighted by Gasteiger charge is -2.19. The van der Waals surface area contributed by atoms with E-state index in [9.17, 15) is 9.90 Å². The van der Waals surface area contributed by atoms with E-state index in [0.717, 1.165) is 0 Å². The predicted octanol–water partition coefficient (Wildman–Crippen LogP) is 1.03. The summed E-state index contributed by atoms with van der Waals surface area (Å²) in [5.74, 6) is -0.668. The molecule has 0 amide bonds. The molecule has 0 fully saturated rings. The van der Waals surface area contributed by atoms with Gasteiger partial charge in [-0.05, 0) is 20.8 Å². The van der Waals surface area contributed by atoms with Crippen LogP contribution in [0, 0.1) is 0 Å². The van der Waals surface area contributed by atoms with Crippen molar-refractivity contribution in [3.05, 3.63) is 17.9 Å². The van der Waals surface area contributed by atoms with Crippen molar-refractivity contribution in [2.24, 2.45) is 0 Å². The Morgan fingerprint density at radius 2 is 2.25 bits per heavy atom. The van der Waals surface area contributed by atoms with Crippen LogP contribution in [0.4, 0.5) is 0 Å². The summed E-state index contributed by atoms with van der Waals surface area (Å²) in [7, 11) is 0. The molecule has 0 saturated carbocycles. The van der Waals surface area contributed by atoms with Crippen molar-refractivity contribution in [2.45, 2.75) is 26.4 Å². The first-order chi connectivity index (χ1) is 5.46. The van der Waals surface area contributed by atoms with Gasteiger partial charge in [-0.3, -0.25) is 0 Å². The molecule has 68 valence electrons. The maximum Gasteiger partial charge on any atom is 0.342 e. The average molecular weight is 170 g/mol. The Labute approximate surface area is 72.3 Å². The first-order valence-electron chi connectivity index (χ1n) is 3.73. The van der Waals surface area contributed by atoms with E-state index in [1.54, 1.807) is 13.8 Å². The van der Waals surface area contributed by atoms with Crippen LogP contribution in [0.2, 0.25) is 0 Å². The fourth-order valence-corrected chi connectivity index (χ4v) is 0.597. The Bertz CT molecular complexity index is 222. The van der Waals surface area contributed by atoms with Gasteiger partial charge in [-0.15, -0.1) is 5.73 Å². The summed E-state index contributed by atoms with van der Waals surface area (Å²) in [5.41, 5.74) is 1.22. The molecule has 1 atom stereocenters. The summed E-state index contributed by atoms with van der Waals surface area (Å²) in [6.45, 7) is 8.20. The van der Waals surface area contributed by atoms with Crippen LogP contribution in [-0.2, 0) is 9.53 Å². The second kappa shape index (κ2) is 4.10. The lowest BCUT2D eigenvalue weighted by Crippen LogP contribution is -2.37. The van der Waals surface area contributed by atoms with Gasteiger partial charge in [0.1, 0.15) is 0 Å². The fourth-order valence-electron chi connectivity index (χ4n) is 0.597. The lowest BCUT2D eigenvalue weighted by molar-refractivity contribution is -0.159. The highest BCUT2D eigenvalue weighted by atomic mass is 16.5. The third-order valence-electron chi connectivity index (χ3n) is 1.67. The number of esters is 1. The zero-order valence-electron chi connectivity index (χ0n) is 7.68. The van der Waals surface area contributed by atoms with E-state index in [4.69, 9.17) is 0 Å². The average Bonchev–Trinajstić information content (AvgIpc) is 2.03. The highest BCUT2D eigenvalue weighted by Gasteiger charge is 2.33. The summed E-state index contributed by atoms with van der Waals surface area (Å²) in [6.07, 6.45) is 0. The maximum atomic E-state index is 11.1. The predicted molar refractivity (Wildman–Crippen MR) is 45.6 cm³/mol. The van der Waals surface area contributed by atoms with E-state index in [0.29, 0.717) is 5.57 Å². The molecule has 0 aliphatic carbocycles. The minimum atomic E-state index is -1.60. The standard InChI is InChI=1S/C9H14O3/c1-5-7(3)9(4,11)8(10)12-6-2/h11H,1,6H2,2-4H3. The second-order valence-electron chi connectivity index (χ2n) is 2.59. The maximum absolute atomic E-state index is 11.1. The Balaban J connectivity index is 4.61. The molecule has 0 heterocycles. The van der Waals surface area contributed by atoms with Crippen molar-refractivity contribution < 1.29 is 14.6 Å². The van der Waals surface area contributed by atoms with Crippen LogP contribution < -0.4 is 0 Å². The van der Waals surface area contributed by atoms with E-state index in [1.165, 1.54) is 6.92 Å². The molecular formula is C9H14O3. The number of carbonyl (C=O) groups excluding carboxylic acids is 1. The number of rotatable bonds is 3. The third-order valence-corrected chi connectivity index (χ3v) is 1.67. The highest BCUT2D eigenvalue weighted by molar-refractivity contribution is 5.82. The molecule has 0 bridgehead atoms. The van der Waals surface area contributed by atoms with Gasteiger partial charge < -0.3 is 9.84 Å². The van der Waals surface area contributed by atoms with Crippen molar-refractivity contribution in [1.29, 1.82) is 0 Å². The lowest BCUT2D eigenvalue weighted by atomic mass is 9.99. The Hall–Kier alpha value is -1.05. The summed E-state index contributed by atoms with van der Waals surface area (Å²) in [4.78, 5) is 11.1. The van der Waals surface area contributed by atoms with Crippen LogP contribution in [0.5, 0.6) is 0 Å². The van der Waals surface area contributed by atoms with Crippen molar-refractivity contribution in [2.75, 3.05) is 6.61 Å². The zero-order valence-corrected chi connectivity index (χ0v) is 7.68. The number of carbonyl (C=O) groups is 1. The first kappa shape index (κ1) is 11.0. The SMILES string of the molecule is C=C=C(C)C(C)(O)C(=O)OCC. The minimum absolute atomic E-state index is 0.249. The van der Waals surface area contributed by atoms with E-state index < -0.39 is 11.6 Å². The van der Waals surface area contributed by atoms with Crippen LogP contribution in [-0.4, -0.2) is 23.3 Å². The summed E-state index contributed by atoms with van der Waals surface area (Å²) < 4.78 is 4.65. The first-order valence-corrected chi connectivity index (χ1v) is 3.73. The molecule has 1 unspecified atom stereocenters. The molecule has 0 saturated heterocycles. The number of hydrogen-bond donors (Lipinski definition) is 1. The van der Waals surface area contributed by atoms with E-state index in [1.807, 2.05) is 0 Å². The Morgan fingerprint density at radius 3 is 2.58 bits per heavy atom. The zero-order chi connectivity index (χ0) is 9.78. The minimum Gasteiger partial charge on any atom is -0.464 e. The number of aliphatic hydroxyl groups is 1. The van der Waals surface area contributed by atoms with E-state index >= 15 is 0 Å². The molecule has 0 aliphatic heterocycles. The summed E-state index contributed by atoms with van der Waals surface area (Å²) in [6, 6.07) is 0. The Morgan fingerprint density at radius 1 is 1.75 bits per heavy atom. The van der Waals surface area contributed by atoms with Gasteiger partial charge in [-0.25, -0.2) is 4.79 Å². The van der Waals surface area contributed by atoms with Crippen molar-refractivity contribution in [3.63, 3.8) is 0 Å². The van der Waals surface area contributed by atoms with Gasteiger partial charge in [0.2, 0.25) is 0 Å². The molecule has 0 aliphatic rings. The van der Waals surface area contributed by atoms with E-state index in [2.05, 4.69) is 17.0 Å². The molecule has 0 aromatic rings. The van der Waals surface area contributed by atoms with Crippen molar-refractivity contribution >= 4 is 5.97 Å². The van der Waals surface area contributed by atoms with Crippen molar-refractivity contribution in [1.82, 2.24) is 0 Å². The quantitative estimate of drug-likeness (QED) is 0.508. The van der Waals surface area contributed by atoms with Gasteiger partial charge in [0.05, 0.1) is 6.61 Å². The monoisotopic (exact) mass is 170 g/mol. The van der Waals surface area contributed by atoms with Crippen LogP contribution in [0.1, 0.15) is 20.8 Å². The molecule has 1 N–H and O–H groups in total. The molecule has 0 aromatic carbocycles. The second-order valence-corrected chi connectivity index (χ2v) is 2.59. The highest BCUT2D eigenvalue weighted by Crippen LogP contribution is 2.15. The summed E-state index contributed by atoms with van der Waals surface area (Å²) >= 11 is 0. The normalized spacial score (nSPS) is 14.3. The molecular weight excluding hydrogens is 156 g/mol.